The quantitative estimate of drug-likeness (QED) is 0.336. The van der Waals surface area contributed by atoms with Gasteiger partial charge in [-0.2, -0.15) is 0 Å². The Labute approximate surface area is 120 Å². The molecule has 0 aromatic carbocycles. The first-order valence-corrected chi connectivity index (χ1v) is 7.02. The highest BCUT2D eigenvalue weighted by Crippen LogP contribution is 2.46. The molecule has 0 saturated heterocycles. The number of Topliss-reactive ketones (excluding diaryl/α,β-unsaturated/α-hetero) is 1. The summed E-state index contributed by atoms with van der Waals surface area (Å²) in [6.45, 7) is 5.47. The van der Waals surface area contributed by atoms with Gasteiger partial charge in [0.25, 0.3) is 0 Å². The fourth-order valence-electron chi connectivity index (χ4n) is 2.96. The monoisotopic (exact) mass is 277 g/mol. The lowest BCUT2D eigenvalue weighted by atomic mass is 9.92. The maximum Gasteiger partial charge on any atom is 0.318 e. The second-order valence-corrected chi connectivity index (χ2v) is 6.77. The van der Waals surface area contributed by atoms with Crippen molar-refractivity contribution in [3.8, 4) is 0 Å². The number of hydrogen-bond donors (Lipinski definition) is 0. The number of ketones is 1. The van der Waals surface area contributed by atoms with E-state index in [9.17, 15) is 9.59 Å². The molecule has 0 heterocycles. The molecule has 1 saturated carbocycles. The Kier molecular flexibility index (Phi) is 3.76. The first-order valence-electron chi connectivity index (χ1n) is 7.02. The Bertz CT molecular complexity index is 482. The van der Waals surface area contributed by atoms with Gasteiger partial charge in [0.05, 0.1) is 0 Å². The second kappa shape index (κ2) is 5.08. The van der Waals surface area contributed by atoms with Gasteiger partial charge in [-0.3, -0.25) is 9.59 Å². The summed E-state index contributed by atoms with van der Waals surface area (Å²) in [5.74, 6) is -1.06. The van der Waals surface area contributed by atoms with Crippen molar-refractivity contribution in [2.24, 2.45) is 17.8 Å². The largest absolute Gasteiger partial charge is 0.459 e. The molecule has 1 fully saturated rings. The van der Waals surface area contributed by atoms with Crippen LogP contribution < -0.4 is 0 Å². The topological polar surface area (TPSA) is 46.6 Å². The van der Waals surface area contributed by atoms with Crippen LogP contribution in [-0.4, -0.2) is 36.3 Å². The molecule has 0 amide bonds. The molecule has 4 nitrogen and oxygen atoms in total. The van der Waals surface area contributed by atoms with Crippen LogP contribution in [0.1, 0.15) is 27.2 Å². The predicted octanol–water partition coefficient (Wildman–Crippen LogP) is 2.16. The van der Waals surface area contributed by atoms with E-state index in [1.165, 1.54) is 0 Å². The van der Waals surface area contributed by atoms with Crippen molar-refractivity contribution in [1.82, 2.24) is 4.90 Å². The molecular weight excluding hydrogens is 254 g/mol. The molecule has 0 spiro atoms. The third-order valence-electron chi connectivity index (χ3n) is 3.62. The first kappa shape index (κ1) is 14.8. The average molecular weight is 277 g/mol. The average Bonchev–Trinajstić information content (AvgIpc) is 2.79. The summed E-state index contributed by atoms with van der Waals surface area (Å²) >= 11 is 0. The number of carbonyl (C=O) groups excluding carboxylic acids is 2. The van der Waals surface area contributed by atoms with E-state index in [2.05, 4.69) is 6.08 Å². The van der Waals surface area contributed by atoms with Gasteiger partial charge in [-0.25, -0.2) is 0 Å². The second-order valence-electron chi connectivity index (χ2n) is 6.77. The van der Waals surface area contributed by atoms with Gasteiger partial charge in [-0.05, 0) is 33.1 Å². The van der Waals surface area contributed by atoms with Gasteiger partial charge in [0, 0.05) is 31.8 Å². The number of nitrogens with zero attached hydrogens (tertiary/aromatic N) is 1. The lowest BCUT2D eigenvalue weighted by Crippen LogP contribution is -2.33. The third-order valence-corrected chi connectivity index (χ3v) is 3.62. The molecule has 2 aliphatic rings. The van der Waals surface area contributed by atoms with E-state index in [-0.39, 0.29) is 17.6 Å². The molecule has 0 radical (unpaired) electrons. The van der Waals surface area contributed by atoms with Gasteiger partial charge in [-0.1, -0.05) is 12.2 Å². The minimum Gasteiger partial charge on any atom is -0.459 e. The standard InChI is InChI=1S/C16H23NO3/c1-16(2,3)20-15(19)13-11-8-6-7-10(11)12(14(13)18)9-17(4)5/h6,8-11,13H,7H2,1-5H3/b12-9-. The maximum absolute atomic E-state index is 12.6. The summed E-state index contributed by atoms with van der Waals surface area (Å²) in [6.07, 6.45) is 6.73. The van der Waals surface area contributed by atoms with Crippen molar-refractivity contribution in [1.29, 1.82) is 0 Å². The Hall–Kier alpha value is -1.58. The van der Waals surface area contributed by atoms with Gasteiger partial charge in [-0.15, -0.1) is 0 Å². The van der Waals surface area contributed by atoms with Gasteiger partial charge in [0.15, 0.2) is 5.78 Å². The van der Waals surface area contributed by atoms with E-state index < -0.39 is 17.5 Å². The van der Waals surface area contributed by atoms with Gasteiger partial charge in [0.2, 0.25) is 0 Å². The van der Waals surface area contributed by atoms with E-state index >= 15 is 0 Å². The van der Waals surface area contributed by atoms with Gasteiger partial charge >= 0.3 is 5.97 Å². The van der Waals surface area contributed by atoms with E-state index in [1.54, 1.807) is 0 Å². The Morgan fingerprint density at radius 2 is 2.05 bits per heavy atom. The van der Waals surface area contributed by atoms with Crippen LogP contribution in [0.3, 0.4) is 0 Å². The molecule has 0 aliphatic heterocycles. The SMILES string of the molecule is CN(C)/C=C1\C(=O)C(C(=O)OC(C)(C)C)C2C=CCC12. The molecule has 2 aliphatic carbocycles. The molecule has 0 aromatic heterocycles. The fourth-order valence-corrected chi connectivity index (χ4v) is 2.96. The summed E-state index contributed by atoms with van der Waals surface area (Å²) in [5, 5.41) is 0. The lowest BCUT2D eigenvalue weighted by molar-refractivity contribution is -0.162. The van der Waals surface area contributed by atoms with Crippen LogP contribution in [0.2, 0.25) is 0 Å². The zero-order valence-corrected chi connectivity index (χ0v) is 12.8. The van der Waals surface area contributed by atoms with Gasteiger partial charge < -0.3 is 9.64 Å². The lowest BCUT2D eigenvalue weighted by Gasteiger charge is -2.23. The molecule has 0 N–H and O–H groups in total. The minimum absolute atomic E-state index is 0.0384. The van der Waals surface area contributed by atoms with Crippen molar-refractivity contribution >= 4 is 11.8 Å². The van der Waals surface area contributed by atoms with Crippen LogP contribution in [0.4, 0.5) is 0 Å². The zero-order valence-electron chi connectivity index (χ0n) is 12.8. The predicted molar refractivity (Wildman–Crippen MR) is 76.8 cm³/mol. The molecule has 3 atom stereocenters. The molecule has 110 valence electrons. The van der Waals surface area contributed by atoms with Crippen LogP contribution in [-0.2, 0) is 14.3 Å². The number of rotatable bonds is 2. The summed E-state index contributed by atoms with van der Waals surface area (Å²) in [7, 11) is 3.77. The number of ether oxygens (including phenoxy) is 1. The zero-order chi connectivity index (χ0) is 15.1. The van der Waals surface area contributed by atoms with Crippen molar-refractivity contribution in [2.45, 2.75) is 32.8 Å². The van der Waals surface area contributed by atoms with E-state index in [0.717, 1.165) is 12.0 Å². The fraction of sp³-hybridized carbons (Fsp3) is 0.625. The van der Waals surface area contributed by atoms with Crippen LogP contribution in [0.5, 0.6) is 0 Å². The van der Waals surface area contributed by atoms with Crippen molar-refractivity contribution < 1.29 is 14.3 Å². The Morgan fingerprint density at radius 1 is 1.40 bits per heavy atom. The highest BCUT2D eigenvalue weighted by molar-refractivity contribution is 6.11. The molecule has 3 unspecified atom stereocenters. The Morgan fingerprint density at radius 3 is 2.60 bits per heavy atom. The molecule has 20 heavy (non-hydrogen) atoms. The summed E-state index contributed by atoms with van der Waals surface area (Å²) in [5.41, 5.74) is 0.185. The molecular formula is C16H23NO3. The van der Waals surface area contributed by atoms with Crippen LogP contribution in [0.15, 0.2) is 23.9 Å². The van der Waals surface area contributed by atoms with Crippen molar-refractivity contribution in [2.75, 3.05) is 14.1 Å². The molecule has 4 heteroatoms. The molecule has 0 bridgehead atoms. The summed E-state index contributed by atoms with van der Waals surface area (Å²) < 4.78 is 5.42. The smallest absolute Gasteiger partial charge is 0.318 e. The third kappa shape index (κ3) is 2.79. The number of fused-ring (bicyclic) bond motifs is 1. The van der Waals surface area contributed by atoms with E-state index in [0.29, 0.717) is 0 Å². The van der Waals surface area contributed by atoms with Gasteiger partial charge in [0.1, 0.15) is 11.5 Å². The first-order chi connectivity index (χ1) is 9.20. The summed E-state index contributed by atoms with van der Waals surface area (Å²) in [6, 6.07) is 0. The number of hydrogen-bond acceptors (Lipinski definition) is 4. The van der Waals surface area contributed by atoms with Crippen LogP contribution in [0, 0.1) is 17.8 Å². The van der Waals surface area contributed by atoms with Crippen molar-refractivity contribution in [3.63, 3.8) is 0 Å². The highest BCUT2D eigenvalue weighted by Gasteiger charge is 2.51. The van der Waals surface area contributed by atoms with Crippen LogP contribution in [0.25, 0.3) is 0 Å². The number of carbonyl (C=O) groups is 2. The Balaban J connectivity index is 2.28. The van der Waals surface area contributed by atoms with E-state index in [1.807, 2.05) is 52.0 Å². The summed E-state index contributed by atoms with van der Waals surface area (Å²) in [4.78, 5) is 26.7. The minimum atomic E-state index is -0.677. The maximum atomic E-state index is 12.6. The number of allylic oxidation sites excluding steroid dienone is 3. The molecule has 0 aromatic rings. The molecule has 2 rings (SSSR count). The van der Waals surface area contributed by atoms with Crippen molar-refractivity contribution in [3.05, 3.63) is 23.9 Å². The van der Waals surface area contributed by atoms with E-state index in [4.69, 9.17) is 4.74 Å². The number of esters is 1. The highest BCUT2D eigenvalue weighted by atomic mass is 16.6. The normalized spacial score (nSPS) is 30.8. The van der Waals surface area contributed by atoms with Crippen LogP contribution >= 0.6 is 0 Å².